The second-order valence-electron chi connectivity index (χ2n) is 5.67. The molecule has 0 atom stereocenters. The van der Waals surface area contributed by atoms with Crippen LogP contribution < -0.4 is 10.9 Å². The number of carbonyl (C=O) groups is 1. The molecule has 2 N–H and O–H groups in total. The van der Waals surface area contributed by atoms with Crippen molar-refractivity contribution in [2.24, 2.45) is 0 Å². The van der Waals surface area contributed by atoms with Gasteiger partial charge in [-0.25, -0.2) is 9.67 Å². The lowest BCUT2D eigenvalue weighted by molar-refractivity contribution is 0.0952. The number of nitrogens with zero attached hydrogens (tertiary/aromatic N) is 3. The maximum atomic E-state index is 12.1. The molecule has 0 unspecified atom stereocenters. The summed E-state index contributed by atoms with van der Waals surface area (Å²) in [5, 5.41) is 7.32. The lowest BCUT2D eigenvalue weighted by atomic mass is 10.1. The van der Waals surface area contributed by atoms with Gasteiger partial charge in [-0.15, -0.1) is 0 Å². The molecule has 0 aromatic carbocycles. The summed E-state index contributed by atoms with van der Waals surface area (Å²) in [6.07, 6.45) is 3.85. The van der Waals surface area contributed by atoms with E-state index >= 15 is 0 Å². The van der Waals surface area contributed by atoms with E-state index in [1.54, 1.807) is 16.9 Å². The van der Waals surface area contributed by atoms with Crippen LogP contribution in [0.1, 0.15) is 27.3 Å². The molecule has 7 nitrogen and oxygen atoms in total. The van der Waals surface area contributed by atoms with Crippen molar-refractivity contribution in [3.63, 3.8) is 0 Å². The number of rotatable bonds is 5. The monoisotopic (exact) mass is 337 g/mol. The molecule has 0 spiro atoms. The second-order valence-corrected chi connectivity index (χ2v) is 5.67. The molecular weight excluding hydrogens is 318 g/mol. The van der Waals surface area contributed by atoms with E-state index < -0.39 is 5.56 Å². The molecule has 1 amide bonds. The smallest absolute Gasteiger partial charge is 0.260 e. The Morgan fingerprint density at radius 3 is 2.80 bits per heavy atom. The zero-order valence-electron chi connectivity index (χ0n) is 14.1. The van der Waals surface area contributed by atoms with Crippen LogP contribution in [0.15, 0.2) is 47.5 Å². The van der Waals surface area contributed by atoms with Gasteiger partial charge < -0.3 is 10.3 Å². The molecule has 0 fully saturated rings. The summed E-state index contributed by atoms with van der Waals surface area (Å²) in [7, 11) is 0. The molecule has 3 heterocycles. The van der Waals surface area contributed by atoms with Gasteiger partial charge in [0.05, 0.1) is 5.69 Å². The van der Waals surface area contributed by atoms with Crippen molar-refractivity contribution < 1.29 is 4.79 Å². The first-order valence-corrected chi connectivity index (χ1v) is 8.00. The van der Waals surface area contributed by atoms with E-state index in [9.17, 15) is 9.59 Å². The van der Waals surface area contributed by atoms with Crippen LogP contribution in [0.5, 0.6) is 0 Å². The van der Waals surface area contributed by atoms with Gasteiger partial charge >= 0.3 is 0 Å². The number of H-pyrrole nitrogens is 1. The number of aromatic amines is 1. The molecule has 3 aromatic heterocycles. The maximum absolute atomic E-state index is 12.1. The normalized spacial score (nSPS) is 10.6. The number of amides is 1. The molecule has 0 radical (unpaired) electrons. The second kappa shape index (κ2) is 7.12. The van der Waals surface area contributed by atoms with Crippen molar-refractivity contribution in [3.05, 3.63) is 75.6 Å². The molecule has 25 heavy (non-hydrogen) atoms. The van der Waals surface area contributed by atoms with Crippen LogP contribution in [-0.2, 0) is 6.42 Å². The van der Waals surface area contributed by atoms with Crippen molar-refractivity contribution in [1.82, 2.24) is 25.1 Å². The average molecular weight is 337 g/mol. The van der Waals surface area contributed by atoms with Gasteiger partial charge in [0, 0.05) is 24.6 Å². The largest absolute Gasteiger partial charge is 0.352 e. The maximum Gasteiger partial charge on any atom is 0.260 e. The van der Waals surface area contributed by atoms with Crippen molar-refractivity contribution >= 4 is 5.91 Å². The molecule has 0 aliphatic carbocycles. The summed E-state index contributed by atoms with van der Waals surface area (Å²) in [4.78, 5) is 30.5. The van der Waals surface area contributed by atoms with Gasteiger partial charge in [0.1, 0.15) is 5.56 Å². The van der Waals surface area contributed by atoms with Crippen molar-refractivity contribution in [3.8, 4) is 5.82 Å². The van der Waals surface area contributed by atoms with Gasteiger partial charge in [-0.2, -0.15) is 5.10 Å². The fourth-order valence-electron chi connectivity index (χ4n) is 2.74. The number of aromatic nitrogens is 4. The van der Waals surface area contributed by atoms with Crippen molar-refractivity contribution in [2.75, 3.05) is 6.54 Å². The van der Waals surface area contributed by atoms with E-state index in [0.717, 1.165) is 22.8 Å². The minimum absolute atomic E-state index is 0.111. The zero-order chi connectivity index (χ0) is 17.8. The molecule has 0 saturated carbocycles. The highest BCUT2D eigenvalue weighted by molar-refractivity contribution is 5.93. The van der Waals surface area contributed by atoms with E-state index in [1.807, 2.05) is 32.0 Å². The van der Waals surface area contributed by atoms with Gasteiger partial charge in [-0.1, -0.05) is 6.07 Å². The third kappa shape index (κ3) is 3.50. The van der Waals surface area contributed by atoms with Crippen LogP contribution in [0.2, 0.25) is 0 Å². The standard InChI is InChI=1S/C18H19N5O2/c1-12-14(13(2)23(22-12)16-7-3-4-9-19-16)8-11-21-18(25)15-6-5-10-20-17(15)24/h3-7,9-10H,8,11H2,1-2H3,(H,20,24)(H,21,25). The first-order valence-electron chi connectivity index (χ1n) is 8.00. The van der Waals surface area contributed by atoms with Crippen molar-refractivity contribution in [2.45, 2.75) is 20.3 Å². The fraction of sp³-hybridized carbons (Fsp3) is 0.222. The molecule has 0 saturated heterocycles. The summed E-state index contributed by atoms with van der Waals surface area (Å²) in [6.45, 7) is 4.34. The molecule has 0 aliphatic rings. The van der Waals surface area contributed by atoms with Crippen molar-refractivity contribution in [1.29, 1.82) is 0 Å². The molecule has 7 heteroatoms. The summed E-state index contributed by atoms with van der Waals surface area (Å²) in [6, 6.07) is 8.80. The molecule has 128 valence electrons. The lowest BCUT2D eigenvalue weighted by Gasteiger charge is -2.06. The minimum Gasteiger partial charge on any atom is -0.352 e. The van der Waals surface area contributed by atoms with Gasteiger partial charge in [0.2, 0.25) is 0 Å². The summed E-state index contributed by atoms with van der Waals surface area (Å²) < 4.78 is 1.80. The predicted molar refractivity (Wildman–Crippen MR) is 93.9 cm³/mol. The molecular formula is C18H19N5O2. The summed E-state index contributed by atoms with van der Waals surface area (Å²) in [5.74, 6) is 0.378. The number of pyridine rings is 2. The number of carbonyl (C=O) groups excluding carboxylic acids is 1. The molecule has 3 aromatic rings. The molecule has 3 rings (SSSR count). The van der Waals surface area contributed by atoms with Crippen LogP contribution in [0, 0.1) is 13.8 Å². The highest BCUT2D eigenvalue weighted by Gasteiger charge is 2.14. The molecule has 0 bridgehead atoms. The first-order chi connectivity index (χ1) is 12.1. The van der Waals surface area contributed by atoms with E-state index in [0.29, 0.717) is 13.0 Å². The van der Waals surface area contributed by atoms with Crippen LogP contribution in [-0.4, -0.2) is 32.2 Å². The lowest BCUT2D eigenvalue weighted by Crippen LogP contribution is -2.30. The Balaban J connectivity index is 1.70. The SMILES string of the molecule is Cc1nn(-c2ccccn2)c(C)c1CCNC(=O)c1ccc[nH]c1=O. The predicted octanol–water partition coefficient (Wildman–Crippen LogP) is 1.54. The van der Waals surface area contributed by atoms with E-state index in [1.165, 1.54) is 12.3 Å². The van der Waals surface area contributed by atoms with Crippen LogP contribution in [0.3, 0.4) is 0 Å². The Bertz CT molecular complexity index is 944. The Hall–Kier alpha value is -3.22. The Kier molecular flexibility index (Phi) is 4.74. The van der Waals surface area contributed by atoms with Crippen LogP contribution in [0.4, 0.5) is 0 Å². The molecule has 0 aliphatic heterocycles. The number of nitrogens with one attached hydrogen (secondary N) is 2. The quantitative estimate of drug-likeness (QED) is 0.739. The number of hydrogen-bond donors (Lipinski definition) is 2. The van der Waals surface area contributed by atoms with Gasteiger partial charge in [-0.3, -0.25) is 9.59 Å². The summed E-state index contributed by atoms with van der Waals surface area (Å²) in [5.41, 5.74) is 2.67. The van der Waals surface area contributed by atoms with Crippen LogP contribution in [0.25, 0.3) is 5.82 Å². The average Bonchev–Trinajstić information content (AvgIpc) is 2.91. The first kappa shape index (κ1) is 16.6. The zero-order valence-corrected chi connectivity index (χ0v) is 14.1. The Labute approximate surface area is 144 Å². The van der Waals surface area contributed by atoms with E-state index in [4.69, 9.17) is 0 Å². The summed E-state index contributed by atoms with van der Waals surface area (Å²) >= 11 is 0. The van der Waals surface area contributed by atoms with Crippen LogP contribution >= 0.6 is 0 Å². The van der Waals surface area contributed by atoms with E-state index in [-0.39, 0.29) is 11.5 Å². The van der Waals surface area contributed by atoms with E-state index in [2.05, 4.69) is 20.4 Å². The Morgan fingerprint density at radius 1 is 1.24 bits per heavy atom. The van der Waals surface area contributed by atoms with Gasteiger partial charge in [0.15, 0.2) is 5.82 Å². The third-order valence-electron chi connectivity index (χ3n) is 4.03. The van der Waals surface area contributed by atoms with Gasteiger partial charge in [0.25, 0.3) is 11.5 Å². The minimum atomic E-state index is -0.393. The third-order valence-corrected chi connectivity index (χ3v) is 4.03. The highest BCUT2D eigenvalue weighted by atomic mass is 16.2. The highest BCUT2D eigenvalue weighted by Crippen LogP contribution is 2.16. The number of aryl methyl sites for hydroxylation is 1. The Morgan fingerprint density at radius 2 is 2.08 bits per heavy atom. The van der Waals surface area contributed by atoms with Gasteiger partial charge in [-0.05, 0) is 50.1 Å². The number of hydrogen-bond acceptors (Lipinski definition) is 4. The fourth-order valence-corrected chi connectivity index (χ4v) is 2.74. The topological polar surface area (TPSA) is 92.7 Å².